The summed E-state index contributed by atoms with van der Waals surface area (Å²) in [6.07, 6.45) is 2.85. The van der Waals surface area contributed by atoms with Gasteiger partial charge >= 0.3 is 0 Å². The third kappa shape index (κ3) is 4.27. The highest BCUT2D eigenvalue weighted by Gasteiger charge is 2.07. The van der Waals surface area contributed by atoms with Crippen molar-refractivity contribution >= 4 is 21.6 Å². The second-order valence-electron chi connectivity index (χ2n) is 4.21. The van der Waals surface area contributed by atoms with Gasteiger partial charge in [0.25, 0.3) is 10.1 Å². The lowest BCUT2D eigenvalue weighted by Gasteiger charge is -2.02. The number of nitrogens with one attached hydrogen (secondary N) is 1. The third-order valence-electron chi connectivity index (χ3n) is 2.70. The molecule has 21 heavy (non-hydrogen) atoms. The number of benzene rings is 2. The Kier molecular flexibility index (Phi) is 4.52. The van der Waals surface area contributed by atoms with Crippen LogP contribution in [0.25, 0.3) is 0 Å². The van der Waals surface area contributed by atoms with Gasteiger partial charge in [0.1, 0.15) is 0 Å². The molecule has 0 bridgehead atoms. The Labute approximate surface area is 122 Å². The molecule has 0 saturated heterocycles. The van der Waals surface area contributed by atoms with Crippen LogP contribution in [0.4, 0.5) is 5.69 Å². The summed E-state index contributed by atoms with van der Waals surface area (Å²) in [5, 5.41) is 2.85. The zero-order chi connectivity index (χ0) is 15.3. The molecular formula is C15H13NO4S. The van der Waals surface area contributed by atoms with Gasteiger partial charge in [-0.2, -0.15) is 8.42 Å². The van der Waals surface area contributed by atoms with Crippen molar-refractivity contribution in [2.24, 2.45) is 0 Å². The van der Waals surface area contributed by atoms with Crippen LogP contribution in [0.2, 0.25) is 0 Å². The fraction of sp³-hybridized carbons (Fsp3) is 0. The zero-order valence-corrected chi connectivity index (χ0v) is 11.7. The first-order chi connectivity index (χ1) is 9.97. The lowest BCUT2D eigenvalue weighted by atomic mass is 10.1. The lowest BCUT2D eigenvalue weighted by Crippen LogP contribution is -1.98. The Bertz CT molecular complexity index is 750. The Morgan fingerprint density at radius 1 is 1.00 bits per heavy atom. The van der Waals surface area contributed by atoms with Crippen LogP contribution in [-0.2, 0) is 10.1 Å². The predicted octanol–water partition coefficient (Wildman–Crippen LogP) is 2.74. The molecule has 0 aliphatic rings. The number of hydrogen-bond donors (Lipinski definition) is 2. The van der Waals surface area contributed by atoms with Gasteiger partial charge < -0.3 is 5.32 Å². The molecule has 0 unspecified atom stereocenters. The molecule has 5 nitrogen and oxygen atoms in total. The van der Waals surface area contributed by atoms with Crippen LogP contribution < -0.4 is 5.32 Å². The van der Waals surface area contributed by atoms with Crippen LogP contribution in [0.15, 0.2) is 71.8 Å². The van der Waals surface area contributed by atoms with Gasteiger partial charge in [0, 0.05) is 23.5 Å². The normalized spacial score (nSPS) is 11.5. The van der Waals surface area contributed by atoms with E-state index in [0.29, 0.717) is 11.3 Å². The Balaban J connectivity index is 2.00. The number of carbonyl (C=O) groups is 1. The van der Waals surface area contributed by atoms with Crippen molar-refractivity contribution in [2.45, 2.75) is 4.90 Å². The molecule has 2 rings (SSSR count). The number of ketones is 1. The lowest BCUT2D eigenvalue weighted by molar-refractivity contribution is 0.104. The van der Waals surface area contributed by atoms with Crippen LogP contribution in [0.1, 0.15) is 10.4 Å². The Hall–Kier alpha value is -2.44. The molecular weight excluding hydrogens is 290 g/mol. The first-order valence-corrected chi connectivity index (χ1v) is 7.51. The standard InChI is InChI=1S/C15H13NO4S/c17-15(12-4-2-1-3-5-12)10-11-16-13-6-8-14(9-7-13)21(18,19)20/h1-11,16H,(H,18,19,20)/b11-10+. The molecule has 108 valence electrons. The van der Waals surface area contributed by atoms with Crippen molar-refractivity contribution < 1.29 is 17.8 Å². The van der Waals surface area contributed by atoms with E-state index in [1.54, 1.807) is 24.3 Å². The van der Waals surface area contributed by atoms with Crippen molar-refractivity contribution in [3.63, 3.8) is 0 Å². The van der Waals surface area contributed by atoms with Crippen molar-refractivity contribution in [3.05, 3.63) is 72.4 Å². The van der Waals surface area contributed by atoms with Crippen molar-refractivity contribution in [3.8, 4) is 0 Å². The summed E-state index contributed by atoms with van der Waals surface area (Å²) in [5.41, 5.74) is 1.18. The summed E-state index contributed by atoms with van der Waals surface area (Å²) in [6, 6.07) is 14.3. The van der Waals surface area contributed by atoms with E-state index in [0.717, 1.165) is 0 Å². The highest BCUT2D eigenvalue weighted by atomic mass is 32.2. The van der Waals surface area contributed by atoms with Gasteiger partial charge in [0.2, 0.25) is 0 Å². The molecule has 6 heteroatoms. The maximum Gasteiger partial charge on any atom is 0.294 e. The van der Waals surface area contributed by atoms with Crippen LogP contribution in [0.3, 0.4) is 0 Å². The number of allylic oxidation sites excluding steroid dienone is 1. The van der Waals surface area contributed by atoms with Crippen LogP contribution in [0, 0.1) is 0 Å². The minimum atomic E-state index is -4.19. The van der Waals surface area contributed by atoms with Gasteiger partial charge in [-0.05, 0) is 24.3 Å². The van der Waals surface area contributed by atoms with Gasteiger partial charge in [0.05, 0.1) is 4.90 Å². The highest BCUT2D eigenvalue weighted by molar-refractivity contribution is 7.85. The molecule has 0 amide bonds. The van der Waals surface area contributed by atoms with E-state index in [2.05, 4.69) is 5.32 Å². The van der Waals surface area contributed by atoms with E-state index in [1.165, 1.54) is 36.5 Å². The van der Waals surface area contributed by atoms with Crippen molar-refractivity contribution in [2.75, 3.05) is 5.32 Å². The molecule has 0 heterocycles. The van der Waals surface area contributed by atoms with Crippen LogP contribution >= 0.6 is 0 Å². The van der Waals surface area contributed by atoms with E-state index < -0.39 is 10.1 Å². The van der Waals surface area contributed by atoms with Crippen molar-refractivity contribution in [1.82, 2.24) is 0 Å². The molecule has 0 spiro atoms. The highest BCUT2D eigenvalue weighted by Crippen LogP contribution is 2.13. The molecule has 0 saturated carbocycles. The van der Waals surface area contributed by atoms with Crippen LogP contribution in [-0.4, -0.2) is 18.8 Å². The maximum absolute atomic E-state index is 11.8. The van der Waals surface area contributed by atoms with E-state index >= 15 is 0 Å². The molecule has 0 aromatic heterocycles. The van der Waals surface area contributed by atoms with E-state index in [-0.39, 0.29) is 10.7 Å². The van der Waals surface area contributed by atoms with Gasteiger partial charge in [-0.15, -0.1) is 0 Å². The Morgan fingerprint density at radius 2 is 1.62 bits per heavy atom. The van der Waals surface area contributed by atoms with E-state index in [1.807, 2.05) is 6.07 Å². The van der Waals surface area contributed by atoms with E-state index in [9.17, 15) is 13.2 Å². The minimum absolute atomic E-state index is 0.141. The summed E-state index contributed by atoms with van der Waals surface area (Å²) in [5.74, 6) is -0.141. The number of anilines is 1. The molecule has 2 N–H and O–H groups in total. The molecule has 0 aliphatic carbocycles. The summed E-state index contributed by atoms with van der Waals surface area (Å²) < 4.78 is 30.6. The largest absolute Gasteiger partial charge is 0.362 e. The first kappa shape index (κ1) is 15.0. The monoisotopic (exact) mass is 303 g/mol. The fourth-order valence-electron chi connectivity index (χ4n) is 1.64. The summed E-state index contributed by atoms with van der Waals surface area (Å²) in [7, 11) is -4.19. The van der Waals surface area contributed by atoms with Crippen LogP contribution in [0.5, 0.6) is 0 Å². The van der Waals surface area contributed by atoms with Crippen molar-refractivity contribution in [1.29, 1.82) is 0 Å². The maximum atomic E-state index is 11.8. The third-order valence-corrected chi connectivity index (χ3v) is 3.56. The minimum Gasteiger partial charge on any atom is -0.362 e. The smallest absolute Gasteiger partial charge is 0.294 e. The second kappa shape index (κ2) is 6.34. The molecule has 0 atom stereocenters. The summed E-state index contributed by atoms with van der Waals surface area (Å²) in [4.78, 5) is 11.6. The predicted molar refractivity (Wildman–Crippen MR) is 79.8 cm³/mol. The van der Waals surface area contributed by atoms with Gasteiger partial charge in [0.15, 0.2) is 5.78 Å². The average Bonchev–Trinajstić information content (AvgIpc) is 2.47. The fourth-order valence-corrected chi connectivity index (χ4v) is 2.12. The van der Waals surface area contributed by atoms with Gasteiger partial charge in [-0.3, -0.25) is 9.35 Å². The van der Waals surface area contributed by atoms with Gasteiger partial charge in [-0.1, -0.05) is 30.3 Å². The molecule has 0 fully saturated rings. The molecule has 2 aromatic rings. The molecule has 0 aliphatic heterocycles. The number of rotatable bonds is 5. The zero-order valence-electron chi connectivity index (χ0n) is 10.9. The number of carbonyl (C=O) groups excluding carboxylic acids is 1. The molecule has 0 radical (unpaired) electrons. The molecule has 2 aromatic carbocycles. The topological polar surface area (TPSA) is 83.5 Å². The SMILES string of the molecule is O=C(/C=C/Nc1ccc(S(=O)(=O)O)cc1)c1ccccc1. The summed E-state index contributed by atoms with van der Waals surface area (Å²) >= 11 is 0. The Morgan fingerprint density at radius 3 is 2.19 bits per heavy atom. The quantitative estimate of drug-likeness (QED) is 0.504. The second-order valence-corrected chi connectivity index (χ2v) is 5.63. The first-order valence-electron chi connectivity index (χ1n) is 6.07. The average molecular weight is 303 g/mol. The van der Waals surface area contributed by atoms with E-state index in [4.69, 9.17) is 4.55 Å². The summed E-state index contributed by atoms with van der Waals surface area (Å²) in [6.45, 7) is 0. The number of hydrogen-bond acceptors (Lipinski definition) is 4. The van der Waals surface area contributed by atoms with Gasteiger partial charge in [-0.25, -0.2) is 0 Å².